The van der Waals surface area contributed by atoms with Crippen molar-refractivity contribution in [2.45, 2.75) is 6.54 Å². The van der Waals surface area contributed by atoms with Crippen LogP contribution in [0, 0.1) is 0 Å². The first-order valence-electron chi connectivity index (χ1n) is 6.21. The van der Waals surface area contributed by atoms with Crippen LogP contribution >= 0.6 is 35.4 Å². The molecule has 1 aromatic heterocycles. The van der Waals surface area contributed by atoms with Crippen LogP contribution in [-0.4, -0.2) is 21.4 Å². The Bertz CT molecular complexity index is 634. The molecule has 0 spiro atoms. The summed E-state index contributed by atoms with van der Waals surface area (Å²) < 4.78 is 1.74. The zero-order valence-electron chi connectivity index (χ0n) is 11.1. The van der Waals surface area contributed by atoms with Crippen molar-refractivity contribution >= 4 is 46.2 Å². The molecule has 2 N–H and O–H groups in total. The quantitative estimate of drug-likeness (QED) is 0.643. The molecular weight excluding hydrogens is 327 g/mol. The Kier molecular flexibility index (Phi) is 5.61. The van der Waals surface area contributed by atoms with E-state index >= 15 is 0 Å². The first-order chi connectivity index (χ1) is 10.1. The van der Waals surface area contributed by atoms with Gasteiger partial charge in [-0.2, -0.15) is 5.10 Å². The fourth-order valence-corrected chi connectivity index (χ4v) is 2.42. The smallest absolute Gasteiger partial charge is 0.171 e. The van der Waals surface area contributed by atoms with Crippen molar-refractivity contribution in [1.29, 1.82) is 0 Å². The van der Waals surface area contributed by atoms with Crippen LogP contribution in [0.2, 0.25) is 10.0 Å². The molecule has 1 aromatic carbocycles. The van der Waals surface area contributed by atoms with E-state index in [0.717, 1.165) is 11.3 Å². The number of hydrogen-bond donors (Lipinski definition) is 2. The summed E-state index contributed by atoms with van der Waals surface area (Å²) in [5.41, 5.74) is 1.63. The van der Waals surface area contributed by atoms with Gasteiger partial charge in [-0.1, -0.05) is 35.3 Å². The van der Waals surface area contributed by atoms with Gasteiger partial charge in [0.05, 0.1) is 18.4 Å². The number of aromatic nitrogens is 2. The number of hydrogen-bond acceptors (Lipinski definition) is 2. The van der Waals surface area contributed by atoms with Crippen LogP contribution in [0.5, 0.6) is 0 Å². The second kappa shape index (κ2) is 7.45. The first kappa shape index (κ1) is 15.8. The Morgan fingerprint density at radius 2 is 2.10 bits per heavy atom. The van der Waals surface area contributed by atoms with Gasteiger partial charge in [0, 0.05) is 28.4 Å². The molecule has 0 fully saturated rings. The Morgan fingerprint density at radius 1 is 1.38 bits per heavy atom. The molecule has 21 heavy (non-hydrogen) atoms. The summed E-state index contributed by atoms with van der Waals surface area (Å²) in [6.45, 7) is 4.72. The molecule has 0 amide bonds. The topological polar surface area (TPSA) is 41.9 Å². The van der Waals surface area contributed by atoms with Gasteiger partial charge in [0.15, 0.2) is 5.11 Å². The van der Waals surface area contributed by atoms with Gasteiger partial charge in [0.25, 0.3) is 0 Å². The van der Waals surface area contributed by atoms with E-state index in [0.29, 0.717) is 28.2 Å². The van der Waals surface area contributed by atoms with Crippen molar-refractivity contribution in [1.82, 2.24) is 15.1 Å². The molecule has 0 aliphatic heterocycles. The maximum Gasteiger partial charge on any atom is 0.171 e. The van der Waals surface area contributed by atoms with Gasteiger partial charge in [-0.25, -0.2) is 0 Å². The van der Waals surface area contributed by atoms with Crippen LogP contribution in [0.25, 0.3) is 0 Å². The third-order valence-electron chi connectivity index (χ3n) is 2.68. The highest BCUT2D eigenvalue weighted by Crippen LogP contribution is 2.25. The lowest BCUT2D eigenvalue weighted by Crippen LogP contribution is -2.28. The minimum atomic E-state index is 0.493. The number of benzene rings is 1. The van der Waals surface area contributed by atoms with Crippen molar-refractivity contribution in [3.8, 4) is 0 Å². The third kappa shape index (κ3) is 4.46. The van der Waals surface area contributed by atoms with E-state index in [1.807, 2.05) is 12.3 Å². The summed E-state index contributed by atoms with van der Waals surface area (Å²) in [4.78, 5) is 0. The third-order valence-corrected chi connectivity index (χ3v) is 3.63. The van der Waals surface area contributed by atoms with Crippen molar-refractivity contribution in [2.75, 3.05) is 11.9 Å². The fourth-order valence-electron chi connectivity index (χ4n) is 1.70. The molecule has 1 heterocycles. The molecule has 0 saturated carbocycles. The number of anilines is 1. The van der Waals surface area contributed by atoms with E-state index in [1.165, 1.54) is 0 Å². The molecule has 110 valence electrons. The molecule has 0 radical (unpaired) electrons. The number of nitrogens with one attached hydrogen (secondary N) is 2. The van der Waals surface area contributed by atoms with E-state index in [1.54, 1.807) is 29.1 Å². The molecule has 0 unspecified atom stereocenters. The Hall–Kier alpha value is -1.56. The molecule has 0 atom stereocenters. The lowest BCUT2D eigenvalue weighted by Gasteiger charge is -2.07. The molecule has 2 rings (SSSR count). The Morgan fingerprint density at radius 3 is 2.76 bits per heavy atom. The largest absolute Gasteiger partial charge is 0.359 e. The lowest BCUT2D eigenvalue weighted by atomic mass is 10.2. The van der Waals surface area contributed by atoms with Crippen LogP contribution in [0.3, 0.4) is 0 Å². The van der Waals surface area contributed by atoms with E-state index in [2.05, 4.69) is 22.3 Å². The van der Waals surface area contributed by atoms with Gasteiger partial charge in [0.1, 0.15) is 0 Å². The number of nitrogens with zero attached hydrogens (tertiary/aromatic N) is 2. The minimum absolute atomic E-state index is 0.493. The highest BCUT2D eigenvalue weighted by atomic mass is 35.5. The fraction of sp³-hybridized carbons (Fsp3) is 0.143. The van der Waals surface area contributed by atoms with Crippen molar-refractivity contribution < 1.29 is 0 Å². The zero-order chi connectivity index (χ0) is 15.2. The summed E-state index contributed by atoms with van der Waals surface area (Å²) >= 11 is 17.4. The predicted octanol–water partition coefficient (Wildman–Crippen LogP) is 3.71. The van der Waals surface area contributed by atoms with Crippen LogP contribution in [-0.2, 0) is 6.54 Å². The van der Waals surface area contributed by atoms with E-state index in [9.17, 15) is 0 Å². The van der Waals surface area contributed by atoms with Crippen LogP contribution in [0.1, 0.15) is 5.56 Å². The summed E-state index contributed by atoms with van der Waals surface area (Å²) in [6.07, 6.45) is 5.25. The average molecular weight is 341 g/mol. The number of thiocarbonyl (C=S) groups is 1. The summed E-state index contributed by atoms with van der Waals surface area (Å²) in [5, 5.41) is 12.0. The Labute approximate surface area is 138 Å². The van der Waals surface area contributed by atoms with E-state index in [-0.39, 0.29) is 0 Å². The predicted molar refractivity (Wildman–Crippen MR) is 92.2 cm³/mol. The van der Waals surface area contributed by atoms with Crippen LogP contribution in [0.15, 0.2) is 43.2 Å². The molecule has 7 heteroatoms. The van der Waals surface area contributed by atoms with Gasteiger partial charge in [0.2, 0.25) is 0 Å². The average Bonchev–Trinajstić information content (AvgIpc) is 2.88. The van der Waals surface area contributed by atoms with Crippen molar-refractivity contribution in [2.24, 2.45) is 0 Å². The van der Waals surface area contributed by atoms with E-state index < -0.39 is 0 Å². The van der Waals surface area contributed by atoms with Crippen LogP contribution in [0.4, 0.5) is 5.69 Å². The standard InChI is InChI=1S/C14H14Cl2N4S/c1-2-6-17-14(21)19-10-7-18-20(8-10)9-11-12(15)4-3-5-13(11)16/h2-5,7-8H,1,6,9H2,(H2,17,19,21). The molecule has 0 saturated heterocycles. The molecule has 0 aliphatic rings. The summed E-state index contributed by atoms with van der Waals surface area (Å²) in [7, 11) is 0. The highest BCUT2D eigenvalue weighted by Gasteiger charge is 2.07. The van der Waals surface area contributed by atoms with Crippen LogP contribution < -0.4 is 10.6 Å². The second-order valence-corrected chi connectivity index (χ2v) is 5.47. The molecule has 2 aromatic rings. The van der Waals surface area contributed by atoms with Crippen molar-refractivity contribution in [3.63, 3.8) is 0 Å². The van der Waals surface area contributed by atoms with E-state index in [4.69, 9.17) is 35.4 Å². The maximum absolute atomic E-state index is 6.15. The second-order valence-electron chi connectivity index (χ2n) is 4.25. The van der Waals surface area contributed by atoms with Crippen molar-refractivity contribution in [3.05, 3.63) is 58.9 Å². The summed E-state index contributed by atoms with van der Waals surface area (Å²) in [6, 6.07) is 5.42. The molecular formula is C14H14Cl2N4S. The zero-order valence-corrected chi connectivity index (χ0v) is 13.5. The number of rotatable bonds is 5. The van der Waals surface area contributed by atoms with Gasteiger partial charge in [-0.3, -0.25) is 4.68 Å². The molecule has 4 nitrogen and oxygen atoms in total. The minimum Gasteiger partial charge on any atom is -0.359 e. The normalized spacial score (nSPS) is 10.2. The SMILES string of the molecule is C=CCNC(=S)Nc1cnn(Cc2c(Cl)cccc2Cl)c1. The van der Waals surface area contributed by atoms with Gasteiger partial charge in [-0.05, 0) is 24.4 Å². The maximum atomic E-state index is 6.15. The molecule has 0 aliphatic carbocycles. The molecule has 0 bridgehead atoms. The Balaban J connectivity index is 2.03. The lowest BCUT2D eigenvalue weighted by molar-refractivity contribution is 0.687. The van der Waals surface area contributed by atoms with Gasteiger partial charge in [-0.15, -0.1) is 6.58 Å². The van der Waals surface area contributed by atoms with Gasteiger partial charge < -0.3 is 10.6 Å². The number of halogens is 2. The van der Waals surface area contributed by atoms with Gasteiger partial charge >= 0.3 is 0 Å². The monoisotopic (exact) mass is 340 g/mol. The first-order valence-corrected chi connectivity index (χ1v) is 7.37. The highest BCUT2D eigenvalue weighted by molar-refractivity contribution is 7.80. The summed E-state index contributed by atoms with van der Waals surface area (Å²) in [5.74, 6) is 0.